The van der Waals surface area contributed by atoms with Gasteiger partial charge in [-0.1, -0.05) is 49.7 Å². The summed E-state index contributed by atoms with van der Waals surface area (Å²) >= 11 is 6.14. The molecule has 31 heavy (non-hydrogen) atoms. The highest BCUT2D eigenvalue weighted by Crippen LogP contribution is 2.39. The van der Waals surface area contributed by atoms with E-state index in [0.29, 0.717) is 40.6 Å². The van der Waals surface area contributed by atoms with Crippen LogP contribution in [0.1, 0.15) is 65.9 Å². The van der Waals surface area contributed by atoms with Gasteiger partial charge in [0.1, 0.15) is 5.58 Å². The van der Waals surface area contributed by atoms with Crippen molar-refractivity contribution in [2.45, 2.75) is 44.8 Å². The van der Waals surface area contributed by atoms with Crippen molar-refractivity contribution in [1.29, 1.82) is 0 Å². The first-order valence-electron chi connectivity index (χ1n) is 10.7. The minimum Gasteiger partial charge on any atom is -0.450 e. The Kier molecular flexibility index (Phi) is 5.11. The number of benzene rings is 2. The third-order valence-electron chi connectivity index (χ3n) is 6.27. The zero-order valence-electron chi connectivity index (χ0n) is 17.6. The van der Waals surface area contributed by atoms with Crippen LogP contribution in [0.25, 0.3) is 11.0 Å². The van der Waals surface area contributed by atoms with Gasteiger partial charge in [-0.15, -0.1) is 0 Å². The van der Waals surface area contributed by atoms with E-state index in [4.69, 9.17) is 20.8 Å². The molecule has 1 saturated heterocycles. The van der Waals surface area contributed by atoms with Crippen LogP contribution in [0.3, 0.4) is 0 Å². The zero-order valence-corrected chi connectivity index (χ0v) is 18.3. The van der Waals surface area contributed by atoms with Crippen LogP contribution in [-0.2, 0) is 4.74 Å². The summed E-state index contributed by atoms with van der Waals surface area (Å²) in [7, 11) is 0. The largest absolute Gasteiger partial charge is 0.450 e. The monoisotopic (exact) mass is 437 g/mol. The van der Waals surface area contributed by atoms with Crippen molar-refractivity contribution in [1.82, 2.24) is 4.90 Å². The molecule has 0 aliphatic carbocycles. The first-order valence-corrected chi connectivity index (χ1v) is 11.1. The lowest BCUT2D eigenvalue weighted by Gasteiger charge is -2.27. The number of carbonyl (C=O) groups is 1. The van der Waals surface area contributed by atoms with Crippen LogP contribution in [0.2, 0.25) is 5.02 Å². The zero-order chi connectivity index (χ0) is 21.7. The Bertz CT molecular complexity index is 1210. The van der Waals surface area contributed by atoms with Gasteiger partial charge in [-0.25, -0.2) is 0 Å². The van der Waals surface area contributed by atoms with Crippen molar-refractivity contribution in [2.75, 3.05) is 13.2 Å². The van der Waals surface area contributed by atoms with Crippen LogP contribution in [-0.4, -0.2) is 30.1 Å². The van der Waals surface area contributed by atoms with Crippen molar-refractivity contribution in [3.8, 4) is 0 Å². The van der Waals surface area contributed by atoms with Gasteiger partial charge < -0.3 is 14.1 Å². The molecule has 160 valence electrons. The molecule has 6 heteroatoms. The predicted octanol–water partition coefficient (Wildman–Crippen LogP) is 5.29. The van der Waals surface area contributed by atoms with Gasteiger partial charge in [0.25, 0.3) is 5.91 Å². The molecule has 5 nitrogen and oxygen atoms in total. The van der Waals surface area contributed by atoms with Crippen LogP contribution in [0, 0.1) is 0 Å². The van der Waals surface area contributed by atoms with Gasteiger partial charge in [0.05, 0.1) is 23.1 Å². The fourth-order valence-corrected chi connectivity index (χ4v) is 4.77. The molecule has 0 N–H and O–H groups in total. The number of amides is 1. The van der Waals surface area contributed by atoms with Crippen LogP contribution in [0.4, 0.5) is 0 Å². The van der Waals surface area contributed by atoms with Crippen molar-refractivity contribution >= 4 is 28.5 Å². The summed E-state index contributed by atoms with van der Waals surface area (Å²) in [6.07, 6.45) is 1.85. The number of rotatable bonds is 4. The topological polar surface area (TPSA) is 59.8 Å². The maximum Gasteiger partial charge on any atom is 0.291 e. The standard InChI is InChI=1S/C25H24ClNO4/c1-14(2)15-5-7-16(8-6-15)22-21-23(28)19-12-17(26)9-10-20(19)31-24(21)25(29)27(22)13-18-4-3-11-30-18/h5-10,12,14,18,22H,3-4,11,13H2,1-2H3/t18-,22+/m1/s1. The Morgan fingerprint density at radius 1 is 1.13 bits per heavy atom. The van der Waals surface area contributed by atoms with Gasteiger partial charge in [-0.05, 0) is 48.1 Å². The van der Waals surface area contributed by atoms with E-state index in [9.17, 15) is 9.59 Å². The highest BCUT2D eigenvalue weighted by Gasteiger charge is 2.43. The van der Waals surface area contributed by atoms with Crippen LogP contribution >= 0.6 is 11.6 Å². The van der Waals surface area contributed by atoms with E-state index in [1.165, 1.54) is 5.56 Å². The highest BCUT2D eigenvalue weighted by atomic mass is 35.5. The summed E-state index contributed by atoms with van der Waals surface area (Å²) in [6.45, 7) is 5.40. The summed E-state index contributed by atoms with van der Waals surface area (Å²) in [6, 6.07) is 12.5. The van der Waals surface area contributed by atoms with Crippen LogP contribution in [0.15, 0.2) is 51.7 Å². The molecule has 0 spiro atoms. The van der Waals surface area contributed by atoms with Crippen molar-refractivity contribution in [3.63, 3.8) is 0 Å². The maximum atomic E-state index is 13.5. The first kappa shape index (κ1) is 20.3. The smallest absolute Gasteiger partial charge is 0.291 e. The summed E-state index contributed by atoms with van der Waals surface area (Å²) in [5, 5.41) is 0.847. The lowest BCUT2D eigenvalue weighted by Crippen LogP contribution is -2.36. The molecule has 2 aliphatic rings. The molecule has 2 atom stereocenters. The quantitative estimate of drug-likeness (QED) is 0.556. The third-order valence-corrected chi connectivity index (χ3v) is 6.51. The Labute approximate surface area is 185 Å². The molecule has 0 bridgehead atoms. The normalized spacial score (nSPS) is 20.8. The Hall–Kier alpha value is -2.63. The Morgan fingerprint density at radius 2 is 1.90 bits per heavy atom. The molecule has 3 heterocycles. The number of ether oxygens (including phenoxy) is 1. The SMILES string of the molecule is CC(C)c1ccc([C@H]2c3c(oc4ccc(Cl)cc4c3=O)C(=O)N2C[C@H]2CCCO2)cc1. The summed E-state index contributed by atoms with van der Waals surface area (Å²) in [5.41, 5.74) is 2.64. The van der Waals surface area contributed by atoms with Gasteiger partial charge in [0, 0.05) is 18.2 Å². The fourth-order valence-electron chi connectivity index (χ4n) is 4.60. The molecular weight excluding hydrogens is 414 g/mol. The molecule has 2 aromatic carbocycles. The van der Waals surface area contributed by atoms with Crippen molar-refractivity contribution in [3.05, 3.63) is 80.2 Å². The fraction of sp³-hybridized carbons (Fsp3) is 0.360. The molecule has 0 saturated carbocycles. The van der Waals surface area contributed by atoms with E-state index >= 15 is 0 Å². The second-order valence-electron chi connectivity index (χ2n) is 8.63. The van der Waals surface area contributed by atoms with E-state index < -0.39 is 6.04 Å². The van der Waals surface area contributed by atoms with E-state index in [-0.39, 0.29) is 23.2 Å². The number of halogens is 1. The predicted molar refractivity (Wildman–Crippen MR) is 120 cm³/mol. The van der Waals surface area contributed by atoms with Crippen LogP contribution < -0.4 is 5.43 Å². The Balaban J connectivity index is 1.68. The number of carbonyl (C=O) groups excluding carboxylic acids is 1. The molecule has 1 fully saturated rings. The Morgan fingerprint density at radius 3 is 2.58 bits per heavy atom. The van der Waals surface area contributed by atoms with Gasteiger partial charge >= 0.3 is 0 Å². The lowest BCUT2D eigenvalue weighted by atomic mass is 9.95. The van der Waals surface area contributed by atoms with E-state index in [1.807, 2.05) is 12.1 Å². The molecule has 2 aliphatic heterocycles. The second kappa shape index (κ2) is 7.81. The van der Waals surface area contributed by atoms with Crippen molar-refractivity contribution in [2.24, 2.45) is 0 Å². The number of hydrogen-bond donors (Lipinski definition) is 0. The first-order chi connectivity index (χ1) is 14.9. The molecule has 0 radical (unpaired) electrons. The van der Waals surface area contributed by atoms with E-state index in [2.05, 4.69) is 26.0 Å². The minimum absolute atomic E-state index is 0.0327. The molecule has 5 rings (SSSR count). The summed E-state index contributed by atoms with van der Waals surface area (Å²) < 4.78 is 11.8. The van der Waals surface area contributed by atoms with Crippen LogP contribution in [0.5, 0.6) is 0 Å². The average molecular weight is 438 g/mol. The molecule has 1 aromatic heterocycles. The van der Waals surface area contributed by atoms with Gasteiger partial charge in [0.2, 0.25) is 5.76 Å². The second-order valence-corrected chi connectivity index (χ2v) is 9.07. The lowest BCUT2D eigenvalue weighted by molar-refractivity contribution is 0.0486. The highest BCUT2D eigenvalue weighted by molar-refractivity contribution is 6.31. The molecule has 0 unspecified atom stereocenters. The molecule has 1 amide bonds. The average Bonchev–Trinajstić information content (AvgIpc) is 3.36. The minimum atomic E-state index is -0.507. The molecular formula is C25H24ClNO4. The summed E-state index contributed by atoms with van der Waals surface area (Å²) in [5.74, 6) is 0.249. The number of nitrogens with zero attached hydrogens (tertiary/aromatic N) is 1. The number of fused-ring (bicyclic) bond motifs is 2. The van der Waals surface area contributed by atoms with Gasteiger partial charge in [-0.3, -0.25) is 9.59 Å². The summed E-state index contributed by atoms with van der Waals surface area (Å²) in [4.78, 5) is 28.7. The number of hydrogen-bond acceptors (Lipinski definition) is 4. The van der Waals surface area contributed by atoms with Gasteiger partial charge in [0.15, 0.2) is 5.43 Å². The van der Waals surface area contributed by atoms with Gasteiger partial charge in [-0.2, -0.15) is 0 Å². The van der Waals surface area contributed by atoms with Crippen molar-refractivity contribution < 1.29 is 13.9 Å². The molecule has 3 aromatic rings. The maximum absolute atomic E-state index is 13.5. The van der Waals surface area contributed by atoms with E-state index in [0.717, 1.165) is 18.4 Å². The third kappa shape index (κ3) is 3.46. The van der Waals surface area contributed by atoms with E-state index in [1.54, 1.807) is 23.1 Å².